The summed E-state index contributed by atoms with van der Waals surface area (Å²) in [5.41, 5.74) is -1.06. The Morgan fingerprint density at radius 1 is 1.13 bits per heavy atom. The number of benzene rings is 1. The molecule has 4 N–H and O–H groups in total. The van der Waals surface area contributed by atoms with Gasteiger partial charge in [0.15, 0.2) is 11.5 Å². The number of amides is 2. The van der Waals surface area contributed by atoms with Crippen LogP contribution in [0.1, 0.15) is 86.1 Å². The lowest BCUT2D eigenvalue weighted by molar-refractivity contribution is -0.177. The number of rotatable bonds is 8. The zero-order valence-corrected chi connectivity index (χ0v) is 24.4. The van der Waals surface area contributed by atoms with Gasteiger partial charge in [-0.3, -0.25) is 9.59 Å². The van der Waals surface area contributed by atoms with Crippen molar-refractivity contribution in [2.24, 2.45) is 16.7 Å². The fraction of sp³-hybridized carbons (Fsp3) is 0.700. The van der Waals surface area contributed by atoms with Crippen molar-refractivity contribution in [3.05, 3.63) is 23.8 Å². The Morgan fingerprint density at radius 2 is 1.79 bits per heavy atom. The lowest BCUT2D eigenvalue weighted by Crippen LogP contribution is -2.58. The topological polar surface area (TPSA) is 136 Å². The van der Waals surface area contributed by atoms with Crippen LogP contribution < -0.4 is 5.32 Å². The van der Waals surface area contributed by atoms with Crippen LogP contribution in [-0.2, 0) is 25.5 Å². The third-order valence-electron chi connectivity index (χ3n) is 9.15. The molecule has 0 radical (unpaired) electrons. The van der Waals surface area contributed by atoms with E-state index in [1.807, 2.05) is 27.7 Å². The molecule has 1 heterocycles. The number of esters is 1. The van der Waals surface area contributed by atoms with Crippen LogP contribution in [0.3, 0.4) is 0 Å². The maximum absolute atomic E-state index is 13.8. The average molecular weight is 547 g/mol. The zero-order chi connectivity index (χ0) is 29.3. The Kier molecular flexibility index (Phi) is 8.95. The minimum absolute atomic E-state index is 0.115. The van der Waals surface area contributed by atoms with E-state index in [1.54, 1.807) is 0 Å². The summed E-state index contributed by atoms with van der Waals surface area (Å²) in [6.45, 7) is 14.3. The van der Waals surface area contributed by atoms with Crippen molar-refractivity contribution in [3.8, 4) is 11.5 Å². The standard InChI is InChI=1S/C30H46N2O7/c1-8-19-13-14-30(7,29(19,5)6)39-27(38)20-10-9-15-32(20)26(37)24(28(2,3)4)31-25(36)23(35)17-18-11-12-21(33)22(34)16-18/h11-12,16,19-20,23-24,33-35H,8-10,13-15,17H2,1-7H3,(H,31,36)/t19-,20?,23?,24?,30?/m1/s1. The number of nitrogens with zero attached hydrogens (tertiary/aromatic N) is 1. The molecule has 3 rings (SSSR count). The van der Waals surface area contributed by atoms with Gasteiger partial charge in [-0.2, -0.15) is 0 Å². The summed E-state index contributed by atoms with van der Waals surface area (Å²) < 4.78 is 6.18. The number of carbonyl (C=O) groups excluding carboxylic acids is 3. The van der Waals surface area contributed by atoms with Crippen LogP contribution in [0.4, 0.5) is 0 Å². The molecule has 2 amide bonds. The first-order valence-electron chi connectivity index (χ1n) is 14.0. The third kappa shape index (κ3) is 6.34. The van der Waals surface area contributed by atoms with Gasteiger partial charge in [-0.05, 0) is 61.6 Å². The maximum atomic E-state index is 13.8. The van der Waals surface area contributed by atoms with E-state index in [-0.39, 0.29) is 29.2 Å². The Labute approximate surface area is 231 Å². The molecule has 4 unspecified atom stereocenters. The molecule has 39 heavy (non-hydrogen) atoms. The van der Waals surface area contributed by atoms with Crippen LogP contribution in [0.5, 0.6) is 11.5 Å². The molecule has 0 spiro atoms. The summed E-state index contributed by atoms with van der Waals surface area (Å²) in [7, 11) is 0. The van der Waals surface area contributed by atoms with Gasteiger partial charge < -0.3 is 30.3 Å². The molecular weight excluding hydrogens is 500 g/mol. The van der Waals surface area contributed by atoms with Crippen molar-refractivity contribution in [1.29, 1.82) is 0 Å². The largest absolute Gasteiger partial charge is 0.504 e. The van der Waals surface area contributed by atoms with E-state index in [0.29, 0.717) is 30.9 Å². The van der Waals surface area contributed by atoms with E-state index in [9.17, 15) is 29.7 Å². The fourth-order valence-electron chi connectivity index (χ4n) is 6.09. The minimum Gasteiger partial charge on any atom is -0.504 e. The number of ether oxygens (including phenoxy) is 1. The number of aliphatic hydroxyl groups is 1. The molecule has 2 aliphatic rings. The van der Waals surface area contributed by atoms with E-state index in [4.69, 9.17) is 4.74 Å². The van der Waals surface area contributed by atoms with E-state index < -0.39 is 41.1 Å². The Hall–Kier alpha value is -2.81. The number of aromatic hydroxyl groups is 2. The molecule has 9 nitrogen and oxygen atoms in total. The van der Waals surface area contributed by atoms with Crippen molar-refractivity contribution in [1.82, 2.24) is 10.2 Å². The van der Waals surface area contributed by atoms with Crippen molar-refractivity contribution in [2.45, 2.75) is 111 Å². The van der Waals surface area contributed by atoms with E-state index in [1.165, 1.54) is 23.1 Å². The van der Waals surface area contributed by atoms with Crippen LogP contribution in [0.2, 0.25) is 0 Å². The highest BCUT2D eigenvalue weighted by Gasteiger charge is 2.54. The second kappa shape index (κ2) is 11.4. The first-order valence-corrected chi connectivity index (χ1v) is 14.0. The summed E-state index contributed by atoms with van der Waals surface area (Å²) in [6, 6.07) is 2.33. The molecule has 1 saturated carbocycles. The third-order valence-corrected chi connectivity index (χ3v) is 9.15. The predicted molar refractivity (Wildman–Crippen MR) is 147 cm³/mol. The second-order valence-electron chi connectivity index (χ2n) is 13.1. The summed E-state index contributed by atoms with van der Waals surface area (Å²) in [5, 5.41) is 32.5. The molecule has 5 atom stereocenters. The molecule has 2 fully saturated rings. The lowest BCUT2D eigenvalue weighted by atomic mass is 9.72. The number of phenols is 2. The van der Waals surface area contributed by atoms with Gasteiger partial charge in [-0.1, -0.05) is 54.0 Å². The molecule has 0 aromatic heterocycles. The predicted octanol–water partition coefficient (Wildman–Crippen LogP) is 3.67. The maximum Gasteiger partial charge on any atom is 0.329 e. The van der Waals surface area contributed by atoms with Gasteiger partial charge >= 0.3 is 5.97 Å². The van der Waals surface area contributed by atoms with Crippen LogP contribution in [0, 0.1) is 16.7 Å². The highest BCUT2D eigenvalue weighted by Crippen LogP contribution is 2.53. The zero-order valence-electron chi connectivity index (χ0n) is 24.4. The summed E-state index contributed by atoms with van der Waals surface area (Å²) in [4.78, 5) is 41.8. The molecular formula is C30H46N2O7. The minimum atomic E-state index is -1.48. The summed E-state index contributed by atoms with van der Waals surface area (Å²) in [6.07, 6.45) is 2.34. The molecule has 0 bridgehead atoms. The number of nitrogens with one attached hydrogen (secondary N) is 1. The SMILES string of the molecule is CC[C@@H]1CCC(C)(OC(=O)C2CCCN2C(=O)C(NC(=O)C(O)Cc2ccc(O)c(O)c2)C(C)(C)C)C1(C)C. The smallest absolute Gasteiger partial charge is 0.329 e. The molecule has 1 aliphatic heterocycles. The molecule has 218 valence electrons. The fourth-order valence-corrected chi connectivity index (χ4v) is 6.09. The Morgan fingerprint density at radius 3 is 2.36 bits per heavy atom. The summed E-state index contributed by atoms with van der Waals surface area (Å²) >= 11 is 0. The number of hydrogen-bond acceptors (Lipinski definition) is 7. The average Bonchev–Trinajstić information content (AvgIpc) is 3.41. The van der Waals surface area contributed by atoms with Gasteiger partial charge in [-0.15, -0.1) is 0 Å². The summed E-state index contributed by atoms with van der Waals surface area (Å²) in [5.74, 6) is -1.72. The van der Waals surface area contributed by atoms with Crippen LogP contribution in [-0.4, -0.2) is 68.3 Å². The van der Waals surface area contributed by atoms with Gasteiger partial charge in [0, 0.05) is 18.4 Å². The molecule has 9 heteroatoms. The second-order valence-corrected chi connectivity index (χ2v) is 13.1. The van der Waals surface area contributed by atoms with Crippen LogP contribution >= 0.6 is 0 Å². The molecule has 1 aromatic carbocycles. The first kappa shape index (κ1) is 30.7. The number of hydrogen-bond donors (Lipinski definition) is 4. The van der Waals surface area contributed by atoms with Gasteiger partial charge in [0.05, 0.1) is 0 Å². The highest BCUT2D eigenvalue weighted by atomic mass is 16.6. The van der Waals surface area contributed by atoms with E-state index in [2.05, 4.69) is 26.1 Å². The highest BCUT2D eigenvalue weighted by molar-refractivity contribution is 5.92. The lowest BCUT2D eigenvalue weighted by Gasteiger charge is -2.42. The van der Waals surface area contributed by atoms with Gasteiger partial charge in [0.25, 0.3) is 0 Å². The Balaban J connectivity index is 1.72. The van der Waals surface area contributed by atoms with Crippen molar-refractivity contribution in [2.75, 3.05) is 6.54 Å². The van der Waals surface area contributed by atoms with Crippen molar-refractivity contribution >= 4 is 17.8 Å². The van der Waals surface area contributed by atoms with Crippen molar-refractivity contribution < 1.29 is 34.4 Å². The van der Waals surface area contributed by atoms with Gasteiger partial charge in [-0.25, -0.2) is 4.79 Å². The number of likely N-dealkylation sites (tertiary alicyclic amines) is 1. The monoisotopic (exact) mass is 546 g/mol. The number of aliphatic hydroxyl groups excluding tert-OH is 1. The number of carbonyl (C=O) groups is 3. The molecule has 1 saturated heterocycles. The normalized spacial score (nSPS) is 26.2. The van der Waals surface area contributed by atoms with Crippen molar-refractivity contribution in [3.63, 3.8) is 0 Å². The Bertz CT molecular complexity index is 1080. The molecule has 1 aromatic rings. The van der Waals surface area contributed by atoms with Crippen LogP contribution in [0.25, 0.3) is 0 Å². The van der Waals surface area contributed by atoms with Gasteiger partial charge in [0.1, 0.15) is 23.8 Å². The van der Waals surface area contributed by atoms with Gasteiger partial charge in [0.2, 0.25) is 11.8 Å². The van der Waals surface area contributed by atoms with Crippen LogP contribution in [0.15, 0.2) is 18.2 Å². The van der Waals surface area contributed by atoms with E-state index in [0.717, 1.165) is 19.3 Å². The number of phenolic OH excluding ortho intramolecular Hbond substituents is 2. The first-order chi connectivity index (χ1) is 18.0. The molecule has 1 aliphatic carbocycles. The quantitative estimate of drug-likeness (QED) is 0.288. The van der Waals surface area contributed by atoms with E-state index >= 15 is 0 Å².